The summed E-state index contributed by atoms with van der Waals surface area (Å²) in [6.07, 6.45) is 3.77. The molecule has 0 spiro atoms. The van der Waals surface area contributed by atoms with Crippen LogP contribution in [0.4, 0.5) is 0 Å². The highest BCUT2D eigenvalue weighted by atomic mass is 16.4. The fourth-order valence-electron chi connectivity index (χ4n) is 2.09. The molecule has 3 rings (SSSR count). The number of likely N-dealkylation sites (N-methyl/N-ethyl adjacent to an activating group) is 1. The van der Waals surface area contributed by atoms with E-state index in [1.54, 1.807) is 0 Å². The van der Waals surface area contributed by atoms with E-state index in [4.69, 9.17) is 4.42 Å². The Morgan fingerprint density at radius 3 is 2.29 bits per heavy atom. The molecular weight excluding hydrogens is 178 g/mol. The Bertz CT molecular complexity index is 326. The molecule has 2 heterocycles. The van der Waals surface area contributed by atoms with Crippen LogP contribution in [0.1, 0.15) is 42.9 Å². The molecule has 4 nitrogen and oxygen atoms in total. The van der Waals surface area contributed by atoms with Crippen molar-refractivity contribution in [1.82, 2.24) is 15.1 Å². The number of aromatic nitrogens is 2. The number of nitrogens with zero attached hydrogens (tertiary/aromatic N) is 3. The summed E-state index contributed by atoms with van der Waals surface area (Å²) in [4.78, 5) is 2.26. The van der Waals surface area contributed by atoms with Crippen molar-refractivity contribution < 1.29 is 4.42 Å². The molecule has 0 atom stereocenters. The third-order valence-electron chi connectivity index (χ3n) is 3.32. The minimum Gasteiger partial charge on any atom is -0.425 e. The fourth-order valence-corrected chi connectivity index (χ4v) is 2.09. The van der Waals surface area contributed by atoms with Crippen molar-refractivity contribution in [3.8, 4) is 0 Å². The van der Waals surface area contributed by atoms with Crippen LogP contribution in [0.15, 0.2) is 4.42 Å². The van der Waals surface area contributed by atoms with Gasteiger partial charge in [-0.1, -0.05) is 6.42 Å². The van der Waals surface area contributed by atoms with Gasteiger partial charge >= 0.3 is 0 Å². The van der Waals surface area contributed by atoms with Gasteiger partial charge in [0.05, 0.1) is 5.92 Å². The average Bonchev–Trinajstić information content (AvgIpc) is 2.44. The Hall–Kier alpha value is -0.900. The molecule has 1 aliphatic heterocycles. The summed E-state index contributed by atoms with van der Waals surface area (Å²) in [5.74, 6) is 2.78. The van der Waals surface area contributed by atoms with Gasteiger partial charge in [0.1, 0.15) is 0 Å². The Balaban J connectivity index is 1.70. The maximum absolute atomic E-state index is 5.69. The summed E-state index contributed by atoms with van der Waals surface area (Å²) < 4.78 is 5.69. The second kappa shape index (κ2) is 3.05. The zero-order valence-electron chi connectivity index (χ0n) is 8.44. The van der Waals surface area contributed by atoms with E-state index < -0.39 is 0 Å². The van der Waals surface area contributed by atoms with Crippen LogP contribution in [0.3, 0.4) is 0 Å². The topological polar surface area (TPSA) is 42.2 Å². The quantitative estimate of drug-likeness (QED) is 0.711. The average molecular weight is 193 g/mol. The van der Waals surface area contributed by atoms with Crippen LogP contribution in [-0.2, 0) is 0 Å². The molecule has 1 aromatic rings. The Morgan fingerprint density at radius 1 is 1.14 bits per heavy atom. The second-order valence-corrected chi connectivity index (χ2v) is 4.52. The van der Waals surface area contributed by atoms with E-state index in [-0.39, 0.29) is 0 Å². The first-order valence-corrected chi connectivity index (χ1v) is 5.35. The van der Waals surface area contributed by atoms with Crippen molar-refractivity contribution in [2.24, 2.45) is 0 Å². The minimum absolute atomic E-state index is 0.487. The SMILES string of the molecule is CN1CC(c2nnc(C3CCC3)o2)C1. The Kier molecular flexibility index (Phi) is 1.83. The molecule has 4 heteroatoms. The van der Waals surface area contributed by atoms with Crippen LogP contribution in [0.2, 0.25) is 0 Å². The van der Waals surface area contributed by atoms with Gasteiger partial charge in [0.2, 0.25) is 11.8 Å². The van der Waals surface area contributed by atoms with Gasteiger partial charge in [-0.3, -0.25) is 0 Å². The van der Waals surface area contributed by atoms with Crippen LogP contribution in [0, 0.1) is 0 Å². The zero-order valence-corrected chi connectivity index (χ0v) is 8.44. The van der Waals surface area contributed by atoms with Gasteiger partial charge in [-0.05, 0) is 19.9 Å². The van der Waals surface area contributed by atoms with Crippen molar-refractivity contribution in [2.45, 2.75) is 31.1 Å². The summed E-state index contributed by atoms with van der Waals surface area (Å²) in [6.45, 7) is 2.12. The van der Waals surface area contributed by atoms with Gasteiger partial charge in [-0.2, -0.15) is 0 Å². The molecule has 0 N–H and O–H groups in total. The number of hydrogen-bond acceptors (Lipinski definition) is 4. The molecule has 0 amide bonds. The lowest BCUT2D eigenvalue weighted by atomic mass is 9.85. The molecule has 14 heavy (non-hydrogen) atoms. The van der Waals surface area contributed by atoms with E-state index in [0.29, 0.717) is 11.8 Å². The normalized spacial score (nSPS) is 24.6. The predicted molar refractivity (Wildman–Crippen MR) is 51.1 cm³/mol. The van der Waals surface area contributed by atoms with E-state index in [9.17, 15) is 0 Å². The number of hydrogen-bond donors (Lipinski definition) is 0. The molecule has 2 fully saturated rings. The molecule has 76 valence electrons. The summed E-state index contributed by atoms with van der Waals surface area (Å²) in [5, 5.41) is 8.26. The highest BCUT2D eigenvalue weighted by molar-refractivity contribution is 5.03. The summed E-state index contributed by atoms with van der Waals surface area (Å²) in [6, 6.07) is 0. The molecule has 2 aliphatic rings. The lowest BCUT2D eigenvalue weighted by Gasteiger charge is -2.33. The first-order valence-electron chi connectivity index (χ1n) is 5.35. The van der Waals surface area contributed by atoms with Crippen LogP contribution in [0.25, 0.3) is 0 Å². The van der Waals surface area contributed by atoms with Crippen LogP contribution in [0.5, 0.6) is 0 Å². The first-order chi connectivity index (χ1) is 6.83. The van der Waals surface area contributed by atoms with Crippen molar-refractivity contribution in [3.63, 3.8) is 0 Å². The summed E-state index contributed by atoms with van der Waals surface area (Å²) >= 11 is 0. The molecule has 1 aromatic heterocycles. The van der Waals surface area contributed by atoms with Gasteiger partial charge in [-0.25, -0.2) is 0 Å². The zero-order chi connectivity index (χ0) is 9.54. The fraction of sp³-hybridized carbons (Fsp3) is 0.800. The maximum atomic E-state index is 5.69. The van der Waals surface area contributed by atoms with Crippen molar-refractivity contribution >= 4 is 0 Å². The molecule has 0 radical (unpaired) electrons. The lowest BCUT2D eigenvalue weighted by Crippen LogP contribution is -2.41. The van der Waals surface area contributed by atoms with Crippen LogP contribution < -0.4 is 0 Å². The molecule has 0 aromatic carbocycles. The highest BCUT2D eigenvalue weighted by Crippen LogP contribution is 2.36. The molecule has 1 saturated carbocycles. The predicted octanol–water partition coefficient (Wildman–Crippen LogP) is 1.37. The molecule has 0 unspecified atom stereocenters. The Labute approximate surface area is 83.3 Å². The minimum atomic E-state index is 0.487. The van der Waals surface area contributed by atoms with Crippen LogP contribution in [-0.4, -0.2) is 35.2 Å². The first kappa shape index (κ1) is 8.41. The van der Waals surface area contributed by atoms with E-state index in [1.807, 2.05) is 0 Å². The lowest BCUT2D eigenvalue weighted by molar-refractivity contribution is 0.163. The van der Waals surface area contributed by atoms with Gasteiger partial charge < -0.3 is 9.32 Å². The van der Waals surface area contributed by atoms with Crippen molar-refractivity contribution in [1.29, 1.82) is 0 Å². The maximum Gasteiger partial charge on any atom is 0.222 e. The monoisotopic (exact) mass is 193 g/mol. The van der Waals surface area contributed by atoms with Crippen molar-refractivity contribution in [2.75, 3.05) is 20.1 Å². The van der Waals surface area contributed by atoms with E-state index >= 15 is 0 Å². The number of rotatable bonds is 2. The third-order valence-corrected chi connectivity index (χ3v) is 3.32. The van der Waals surface area contributed by atoms with E-state index in [2.05, 4.69) is 22.1 Å². The largest absolute Gasteiger partial charge is 0.425 e. The second-order valence-electron chi connectivity index (χ2n) is 4.52. The number of likely N-dealkylation sites (tertiary alicyclic amines) is 1. The van der Waals surface area contributed by atoms with Gasteiger partial charge in [0.15, 0.2) is 0 Å². The van der Waals surface area contributed by atoms with Crippen LogP contribution >= 0.6 is 0 Å². The molecule has 1 aliphatic carbocycles. The van der Waals surface area contributed by atoms with Crippen molar-refractivity contribution in [3.05, 3.63) is 11.8 Å². The summed E-state index contributed by atoms with van der Waals surface area (Å²) in [7, 11) is 2.11. The van der Waals surface area contributed by atoms with E-state index in [0.717, 1.165) is 24.9 Å². The highest BCUT2D eigenvalue weighted by Gasteiger charge is 2.31. The van der Waals surface area contributed by atoms with Gasteiger partial charge in [-0.15, -0.1) is 10.2 Å². The standard InChI is InChI=1S/C10H15N3O/c1-13-5-8(6-13)10-12-11-9(14-10)7-3-2-4-7/h7-8H,2-6H2,1H3. The Morgan fingerprint density at radius 2 is 1.79 bits per heavy atom. The van der Waals surface area contributed by atoms with E-state index in [1.165, 1.54) is 19.3 Å². The smallest absolute Gasteiger partial charge is 0.222 e. The molecular formula is C10H15N3O. The molecule has 1 saturated heterocycles. The summed E-state index contributed by atoms with van der Waals surface area (Å²) in [5.41, 5.74) is 0. The third kappa shape index (κ3) is 1.25. The van der Waals surface area contributed by atoms with Gasteiger partial charge in [0.25, 0.3) is 0 Å². The molecule has 0 bridgehead atoms. The van der Waals surface area contributed by atoms with Gasteiger partial charge in [0, 0.05) is 19.0 Å².